The average Bonchev–Trinajstić information content (AvgIpc) is 3.35. The predicted octanol–water partition coefficient (Wildman–Crippen LogP) is 4.69. The molecule has 1 N–H and O–H groups in total. The molecule has 0 saturated heterocycles. The van der Waals surface area contributed by atoms with Crippen molar-refractivity contribution in [3.8, 4) is 23.0 Å². The van der Waals surface area contributed by atoms with E-state index in [1.54, 1.807) is 0 Å². The van der Waals surface area contributed by atoms with Gasteiger partial charge in [-0.25, -0.2) is 4.98 Å². The van der Waals surface area contributed by atoms with E-state index in [0.717, 1.165) is 22.6 Å². The Labute approximate surface area is 176 Å². The number of nitrogens with zero attached hydrogens (tertiary/aromatic N) is 5. The summed E-state index contributed by atoms with van der Waals surface area (Å²) in [5.41, 5.74) is 5.03. The first-order valence-electron chi connectivity index (χ1n) is 9.95. The monoisotopic (exact) mass is 402 g/mol. The van der Waals surface area contributed by atoms with E-state index >= 15 is 0 Å². The van der Waals surface area contributed by atoms with E-state index in [9.17, 15) is 0 Å². The third kappa shape index (κ3) is 4.10. The van der Waals surface area contributed by atoms with Gasteiger partial charge in [-0.1, -0.05) is 56.3 Å². The van der Waals surface area contributed by atoms with Crippen molar-refractivity contribution < 1.29 is 4.52 Å². The molecule has 1 aromatic carbocycles. The lowest BCUT2D eigenvalue weighted by Gasteiger charge is -2.18. The number of anilines is 1. The van der Waals surface area contributed by atoms with Crippen LogP contribution in [0.4, 0.5) is 5.82 Å². The fourth-order valence-electron chi connectivity index (χ4n) is 3.18. The molecule has 7 nitrogen and oxygen atoms in total. The molecule has 0 saturated carbocycles. The molecule has 0 spiro atoms. The van der Waals surface area contributed by atoms with Gasteiger partial charge >= 0.3 is 0 Å². The van der Waals surface area contributed by atoms with Gasteiger partial charge in [0.1, 0.15) is 5.82 Å². The Morgan fingerprint density at radius 2 is 1.83 bits per heavy atom. The number of aryl methyl sites for hydroxylation is 1. The number of hydrogen-bond acceptors (Lipinski definition) is 6. The van der Waals surface area contributed by atoms with Crippen molar-refractivity contribution >= 4 is 5.82 Å². The molecule has 0 amide bonds. The van der Waals surface area contributed by atoms with Gasteiger partial charge in [0.2, 0.25) is 5.82 Å². The molecule has 0 radical (unpaired) electrons. The fraction of sp³-hybridized carbons (Fsp3) is 0.304. The first-order chi connectivity index (χ1) is 14.3. The zero-order valence-electron chi connectivity index (χ0n) is 18.0. The van der Waals surface area contributed by atoms with Crippen LogP contribution in [0.25, 0.3) is 23.0 Å². The average molecular weight is 403 g/mol. The van der Waals surface area contributed by atoms with E-state index < -0.39 is 0 Å². The van der Waals surface area contributed by atoms with E-state index in [4.69, 9.17) is 4.52 Å². The molecule has 30 heavy (non-hydrogen) atoms. The summed E-state index contributed by atoms with van der Waals surface area (Å²) in [7, 11) is 1.85. The maximum absolute atomic E-state index is 5.49. The smallest absolute Gasteiger partial charge is 0.278 e. The number of benzene rings is 1. The van der Waals surface area contributed by atoms with Gasteiger partial charge in [0.15, 0.2) is 5.69 Å². The SMILES string of the molecule is CNc1ccc(Cn2nc(-c3nc(-c4ccc(C(C)(C)C)cc4)no3)cc2C)cn1. The molecule has 4 rings (SSSR count). The number of hydrogen-bond donors (Lipinski definition) is 1. The van der Waals surface area contributed by atoms with Crippen molar-refractivity contribution in [2.45, 2.75) is 39.7 Å². The lowest BCUT2D eigenvalue weighted by atomic mass is 9.87. The number of pyridine rings is 1. The van der Waals surface area contributed by atoms with Gasteiger partial charge in [-0.15, -0.1) is 0 Å². The second-order valence-corrected chi connectivity index (χ2v) is 8.38. The van der Waals surface area contributed by atoms with Crippen molar-refractivity contribution in [2.75, 3.05) is 12.4 Å². The molecular formula is C23H26N6O. The van der Waals surface area contributed by atoms with E-state index in [1.165, 1.54) is 5.56 Å². The van der Waals surface area contributed by atoms with E-state index in [1.807, 2.05) is 55.2 Å². The van der Waals surface area contributed by atoms with Gasteiger partial charge < -0.3 is 9.84 Å². The van der Waals surface area contributed by atoms with Gasteiger partial charge in [0.05, 0.1) is 6.54 Å². The van der Waals surface area contributed by atoms with Crippen molar-refractivity contribution in [1.82, 2.24) is 24.9 Å². The Kier molecular flexibility index (Phi) is 5.11. The predicted molar refractivity (Wildman–Crippen MR) is 117 cm³/mol. The number of aromatic nitrogens is 5. The highest BCUT2D eigenvalue weighted by Gasteiger charge is 2.17. The summed E-state index contributed by atoms with van der Waals surface area (Å²) in [6, 6.07) is 14.2. The Balaban J connectivity index is 1.54. The Morgan fingerprint density at radius 1 is 1.07 bits per heavy atom. The first kappa shape index (κ1) is 19.8. The minimum Gasteiger partial charge on any atom is -0.373 e. The number of nitrogens with one attached hydrogen (secondary N) is 1. The van der Waals surface area contributed by atoms with E-state index in [2.05, 4.69) is 58.4 Å². The topological polar surface area (TPSA) is 81.7 Å². The molecule has 0 fully saturated rings. The molecule has 0 bridgehead atoms. The van der Waals surface area contributed by atoms with E-state index in [0.29, 0.717) is 24.0 Å². The summed E-state index contributed by atoms with van der Waals surface area (Å²) in [4.78, 5) is 8.91. The Morgan fingerprint density at radius 3 is 2.47 bits per heavy atom. The van der Waals surface area contributed by atoms with Crippen LogP contribution in [0.2, 0.25) is 0 Å². The minimum absolute atomic E-state index is 0.105. The highest BCUT2D eigenvalue weighted by Crippen LogP contribution is 2.26. The van der Waals surface area contributed by atoms with E-state index in [-0.39, 0.29) is 5.41 Å². The fourth-order valence-corrected chi connectivity index (χ4v) is 3.18. The van der Waals surface area contributed by atoms with Crippen LogP contribution in [0, 0.1) is 6.92 Å². The molecular weight excluding hydrogens is 376 g/mol. The van der Waals surface area contributed by atoms with Crippen LogP contribution < -0.4 is 5.32 Å². The lowest BCUT2D eigenvalue weighted by Crippen LogP contribution is -2.10. The standard InChI is InChI=1S/C23H26N6O/c1-15-12-19(27-29(15)14-16-6-11-20(24-5)25-13-16)22-26-21(28-30-22)17-7-9-18(10-8-17)23(2,3)4/h6-13H,14H2,1-5H3,(H,24,25). The molecule has 0 aliphatic heterocycles. The minimum atomic E-state index is 0.105. The molecule has 4 aromatic rings. The maximum atomic E-state index is 5.49. The maximum Gasteiger partial charge on any atom is 0.278 e. The molecule has 154 valence electrons. The highest BCUT2D eigenvalue weighted by molar-refractivity contribution is 5.58. The lowest BCUT2D eigenvalue weighted by molar-refractivity contribution is 0.430. The summed E-state index contributed by atoms with van der Waals surface area (Å²) in [6.45, 7) is 9.21. The molecule has 3 aromatic heterocycles. The van der Waals surface area contributed by atoms with Crippen molar-refractivity contribution in [3.05, 3.63) is 65.5 Å². The van der Waals surface area contributed by atoms with Gasteiger partial charge in [-0.3, -0.25) is 4.68 Å². The zero-order valence-corrected chi connectivity index (χ0v) is 18.0. The van der Waals surface area contributed by atoms with Gasteiger partial charge in [0, 0.05) is 24.5 Å². The quantitative estimate of drug-likeness (QED) is 0.521. The summed E-state index contributed by atoms with van der Waals surface area (Å²) in [6.07, 6.45) is 1.85. The molecule has 0 aliphatic rings. The first-order valence-corrected chi connectivity index (χ1v) is 9.95. The molecule has 0 unspecified atom stereocenters. The van der Waals surface area contributed by atoms with Crippen LogP contribution in [0.5, 0.6) is 0 Å². The van der Waals surface area contributed by atoms with Gasteiger partial charge in [-0.05, 0) is 35.6 Å². The van der Waals surface area contributed by atoms with Crippen molar-refractivity contribution in [3.63, 3.8) is 0 Å². The van der Waals surface area contributed by atoms with Crippen molar-refractivity contribution in [1.29, 1.82) is 0 Å². The Bertz CT molecular complexity index is 1130. The van der Waals surface area contributed by atoms with Crippen LogP contribution in [0.1, 0.15) is 37.6 Å². The summed E-state index contributed by atoms with van der Waals surface area (Å²) in [5.74, 6) is 1.81. The third-order valence-corrected chi connectivity index (χ3v) is 5.05. The van der Waals surface area contributed by atoms with Crippen LogP contribution in [-0.4, -0.2) is 32.0 Å². The second-order valence-electron chi connectivity index (χ2n) is 8.38. The highest BCUT2D eigenvalue weighted by atomic mass is 16.5. The summed E-state index contributed by atoms with van der Waals surface area (Å²) >= 11 is 0. The molecule has 7 heteroatoms. The summed E-state index contributed by atoms with van der Waals surface area (Å²) < 4.78 is 7.40. The second kappa shape index (κ2) is 7.74. The van der Waals surface area contributed by atoms with Gasteiger partial charge in [-0.2, -0.15) is 10.1 Å². The van der Waals surface area contributed by atoms with Crippen LogP contribution in [-0.2, 0) is 12.0 Å². The summed E-state index contributed by atoms with van der Waals surface area (Å²) in [5, 5.41) is 11.8. The molecule has 0 aliphatic carbocycles. The molecule has 3 heterocycles. The number of rotatable bonds is 5. The van der Waals surface area contributed by atoms with Crippen LogP contribution in [0.15, 0.2) is 53.2 Å². The Hall–Kier alpha value is -3.48. The van der Waals surface area contributed by atoms with Crippen LogP contribution in [0.3, 0.4) is 0 Å². The molecule has 0 atom stereocenters. The zero-order chi connectivity index (χ0) is 21.3. The normalized spacial score (nSPS) is 11.6. The van der Waals surface area contributed by atoms with Crippen molar-refractivity contribution in [2.24, 2.45) is 0 Å². The third-order valence-electron chi connectivity index (χ3n) is 5.05. The largest absolute Gasteiger partial charge is 0.373 e. The van der Waals surface area contributed by atoms with Crippen LogP contribution >= 0.6 is 0 Å². The van der Waals surface area contributed by atoms with Gasteiger partial charge in [0.25, 0.3) is 5.89 Å².